The highest BCUT2D eigenvalue weighted by atomic mass is 16.5. The average Bonchev–Trinajstić information content (AvgIpc) is 3.09. The van der Waals surface area contributed by atoms with Gasteiger partial charge < -0.3 is 14.6 Å². The van der Waals surface area contributed by atoms with Crippen LogP contribution >= 0.6 is 0 Å². The van der Waals surface area contributed by atoms with E-state index in [1.807, 2.05) is 19.1 Å². The molecule has 0 aromatic heterocycles. The van der Waals surface area contributed by atoms with Crippen LogP contribution in [0.3, 0.4) is 0 Å². The summed E-state index contributed by atoms with van der Waals surface area (Å²) in [6, 6.07) is 20.3. The van der Waals surface area contributed by atoms with E-state index in [4.69, 9.17) is 9.47 Å². The molecule has 3 aromatic carbocycles. The number of amides is 1. The summed E-state index contributed by atoms with van der Waals surface area (Å²) in [6.07, 6.45) is 0. The highest BCUT2D eigenvalue weighted by Gasteiger charge is 2.47. The van der Waals surface area contributed by atoms with Gasteiger partial charge in [-0.25, -0.2) is 0 Å². The van der Waals surface area contributed by atoms with Crippen LogP contribution in [0.4, 0.5) is 5.69 Å². The van der Waals surface area contributed by atoms with Gasteiger partial charge in [-0.2, -0.15) is 0 Å². The molecule has 1 saturated heterocycles. The second-order valence-electron chi connectivity index (χ2n) is 7.43. The highest BCUT2D eigenvalue weighted by Crippen LogP contribution is 2.44. The molecular weight excluding hydrogens is 406 g/mol. The number of rotatable bonds is 5. The Morgan fingerprint density at radius 2 is 1.53 bits per heavy atom. The number of para-hydroxylation sites is 2. The third kappa shape index (κ3) is 3.50. The topological polar surface area (TPSA) is 76.1 Å². The molecular formula is C26H23NO5. The summed E-state index contributed by atoms with van der Waals surface area (Å²) in [6.45, 7) is 1.84. The molecule has 0 radical (unpaired) electrons. The van der Waals surface area contributed by atoms with Crippen molar-refractivity contribution in [3.8, 4) is 11.5 Å². The van der Waals surface area contributed by atoms with Gasteiger partial charge in [0.2, 0.25) is 0 Å². The summed E-state index contributed by atoms with van der Waals surface area (Å²) < 4.78 is 10.8. The lowest BCUT2D eigenvalue weighted by Crippen LogP contribution is -2.29. The van der Waals surface area contributed by atoms with Gasteiger partial charge in [-0.05, 0) is 48.9 Å². The molecule has 0 bridgehead atoms. The quantitative estimate of drug-likeness (QED) is 0.363. The van der Waals surface area contributed by atoms with Crippen molar-refractivity contribution in [2.45, 2.75) is 13.0 Å². The summed E-state index contributed by atoms with van der Waals surface area (Å²) in [4.78, 5) is 27.8. The fourth-order valence-corrected chi connectivity index (χ4v) is 4.06. The molecule has 162 valence electrons. The Bertz CT molecular complexity index is 1220. The van der Waals surface area contributed by atoms with Gasteiger partial charge in [-0.15, -0.1) is 0 Å². The molecule has 1 unspecified atom stereocenters. The van der Waals surface area contributed by atoms with E-state index in [2.05, 4.69) is 0 Å². The number of methoxy groups -OCH3 is 2. The van der Waals surface area contributed by atoms with Crippen LogP contribution in [-0.4, -0.2) is 31.0 Å². The number of nitrogens with zero attached hydrogens (tertiary/aromatic N) is 1. The maximum absolute atomic E-state index is 13.2. The molecule has 6 heteroatoms. The zero-order valence-electron chi connectivity index (χ0n) is 18.0. The van der Waals surface area contributed by atoms with Crippen molar-refractivity contribution in [3.05, 3.63) is 95.1 Å². The van der Waals surface area contributed by atoms with Crippen LogP contribution in [0.1, 0.15) is 22.7 Å². The number of hydrogen-bond donors (Lipinski definition) is 1. The van der Waals surface area contributed by atoms with Crippen LogP contribution in [0.5, 0.6) is 11.5 Å². The maximum Gasteiger partial charge on any atom is 0.300 e. The molecule has 1 aliphatic rings. The average molecular weight is 429 g/mol. The summed E-state index contributed by atoms with van der Waals surface area (Å²) in [5.74, 6) is -0.539. The normalized spacial score (nSPS) is 17.5. The lowest BCUT2D eigenvalue weighted by molar-refractivity contribution is -0.132. The monoisotopic (exact) mass is 429 g/mol. The van der Waals surface area contributed by atoms with Crippen molar-refractivity contribution in [3.63, 3.8) is 0 Å². The number of aliphatic hydroxyl groups is 1. The number of Topliss-reactive ketones (excluding diaryl/α,β-unsaturated/α-hetero) is 1. The number of anilines is 1. The Morgan fingerprint density at radius 1 is 0.875 bits per heavy atom. The van der Waals surface area contributed by atoms with E-state index in [9.17, 15) is 14.7 Å². The van der Waals surface area contributed by atoms with Crippen molar-refractivity contribution >= 4 is 23.1 Å². The number of aryl methyl sites for hydroxylation is 1. The molecule has 1 heterocycles. The van der Waals surface area contributed by atoms with Gasteiger partial charge >= 0.3 is 0 Å². The van der Waals surface area contributed by atoms with Crippen molar-refractivity contribution < 1.29 is 24.2 Å². The van der Waals surface area contributed by atoms with Gasteiger partial charge in [-0.1, -0.05) is 36.4 Å². The summed E-state index contributed by atoms with van der Waals surface area (Å²) >= 11 is 0. The molecule has 0 aliphatic carbocycles. The number of ketones is 1. The number of carbonyl (C=O) groups is 2. The molecule has 0 spiro atoms. The van der Waals surface area contributed by atoms with Crippen LogP contribution in [-0.2, 0) is 9.59 Å². The second kappa shape index (κ2) is 8.59. The van der Waals surface area contributed by atoms with Crippen molar-refractivity contribution in [1.29, 1.82) is 0 Å². The Labute approximate surface area is 186 Å². The molecule has 1 atom stereocenters. The predicted molar refractivity (Wildman–Crippen MR) is 122 cm³/mol. The SMILES string of the molecule is COc1ccc(/C(O)=C2\C(=O)C(=O)N(c3ccccc3)C2c2ccccc2OC)cc1C. The van der Waals surface area contributed by atoms with E-state index in [1.54, 1.807) is 67.8 Å². The van der Waals surface area contributed by atoms with Crippen molar-refractivity contribution in [2.24, 2.45) is 0 Å². The lowest BCUT2D eigenvalue weighted by atomic mass is 9.94. The first-order valence-electron chi connectivity index (χ1n) is 10.1. The zero-order chi connectivity index (χ0) is 22.8. The van der Waals surface area contributed by atoms with E-state index in [0.29, 0.717) is 28.3 Å². The minimum absolute atomic E-state index is 0.00733. The van der Waals surface area contributed by atoms with Crippen LogP contribution in [0.25, 0.3) is 5.76 Å². The van der Waals surface area contributed by atoms with Crippen LogP contribution in [0, 0.1) is 6.92 Å². The largest absolute Gasteiger partial charge is 0.507 e. The fourth-order valence-electron chi connectivity index (χ4n) is 4.06. The molecule has 4 rings (SSSR count). The van der Waals surface area contributed by atoms with Crippen LogP contribution in [0.15, 0.2) is 78.4 Å². The first-order chi connectivity index (χ1) is 15.5. The van der Waals surface area contributed by atoms with Gasteiger partial charge in [0.15, 0.2) is 0 Å². The third-order valence-electron chi connectivity index (χ3n) is 5.58. The van der Waals surface area contributed by atoms with Gasteiger partial charge in [0.05, 0.1) is 25.8 Å². The number of aliphatic hydroxyl groups excluding tert-OH is 1. The zero-order valence-corrected chi connectivity index (χ0v) is 18.0. The van der Waals surface area contributed by atoms with E-state index < -0.39 is 17.7 Å². The Hall–Kier alpha value is -4.06. The van der Waals surface area contributed by atoms with Gasteiger partial charge in [0.1, 0.15) is 17.3 Å². The first kappa shape index (κ1) is 21.2. The third-order valence-corrected chi connectivity index (χ3v) is 5.58. The summed E-state index contributed by atoms with van der Waals surface area (Å²) in [7, 11) is 3.09. The van der Waals surface area contributed by atoms with E-state index in [0.717, 1.165) is 5.56 Å². The molecule has 6 nitrogen and oxygen atoms in total. The Kier molecular flexibility index (Phi) is 5.69. The fraction of sp³-hybridized carbons (Fsp3) is 0.154. The number of benzene rings is 3. The maximum atomic E-state index is 13.2. The molecule has 1 fully saturated rings. The number of carbonyl (C=O) groups excluding carboxylic acids is 2. The number of hydrogen-bond acceptors (Lipinski definition) is 5. The van der Waals surface area contributed by atoms with Crippen LogP contribution in [0.2, 0.25) is 0 Å². The lowest BCUT2D eigenvalue weighted by Gasteiger charge is -2.26. The molecule has 3 aromatic rings. The highest BCUT2D eigenvalue weighted by molar-refractivity contribution is 6.51. The number of ether oxygens (including phenoxy) is 2. The second-order valence-corrected chi connectivity index (χ2v) is 7.43. The van der Waals surface area contributed by atoms with Gasteiger partial charge in [0.25, 0.3) is 11.7 Å². The Balaban J connectivity index is 1.97. The smallest absolute Gasteiger partial charge is 0.300 e. The molecule has 1 N–H and O–H groups in total. The van der Waals surface area contributed by atoms with Gasteiger partial charge in [0, 0.05) is 16.8 Å². The molecule has 0 saturated carbocycles. The predicted octanol–water partition coefficient (Wildman–Crippen LogP) is 4.64. The summed E-state index contributed by atoms with van der Waals surface area (Å²) in [5.41, 5.74) is 2.38. The minimum Gasteiger partial charge on any atom is -0.507 e. The van der Waals surface area contributed by atoms with Crippen LogP contribution < -0.4 is 14.4 Å². The van der Waals surface area contributed by atoms with Gasteiger partial charge in [-0.3, -0.25) is 14.5 Å². The summed E-state index contributed by atoms with van der Waals surface area (Å²) in [5, 5.41) is 11.3. The van der Waals surface area contributed by atoms with E-state index in [1.165, 1.54) is 12.0 Å². The first-order valence-corrected chi connectivity index (χ1v) is 10.1. The van der Waals surface area contributed by atoms with E-state index in [-0.39, 0.29) is 11.3 Å². The van der Waals surface area contributed by atoms with Crippen molar-refractivity contribution in [2.75, 3.05) is 19.1 Å². The standard InChI is InChI=1S/C26H23NO5/c1-16-15-17(13-14-20(16)31-2)24(28)22-23(19-11-7-8-12-21(19)32-3)27(26(30)25(22)29)18-9-5-4-6-10-18/h4-15,23,28H,1-3H3/b24-22+. The van der Waals surface area contributed by atoms with E-state index >= 15 is 0 Å². The molecule has 32 heavy (non-hydrogen) atoms. The molecule has 1 amide bonds. The minimum atomic E-state index is -0.851. The van der Waals surface area contributed by atoms with Crippen molar-refractivity contribution in [1.82, 2.24) is 0 Å². The Morgan fingerprint density at radius 3 is 2.19 bits per heavy atom. The molecule has 1 aliphatic heterocycles.